The minimum atomic E-state index is -0.271. The number of hydrogen-bond donors (Lipinski definition) is 3. The van der Waals surface area contributed by atoms with E-state index in [4.69, 9.17) is 0 Å². The van der Waals surface area contributed by atoms with Crippen molar-refractivity contribution >= 4 is 11.9 Å². The molecule has 120 valence electrons. The van der Waals surface area contributed by atoms with Crippen molar-refractivity contribution in [1.29, 1.82) is 0 Å². The lowest BCUT2D eigenvalue weighted by molar-refractivity contribution is -0.120. The highest BCUT2D eigenvalue weighted by Crippen LogP contribution is 2.11. The maximum Gasteiger partial charge on any atom is 0.315 e. The van der Waals surface area contributed by atoms with Crippen molar-refractivity contribution in [2.24, 2.45) is 0 Å². The molecule has 1 fully saturated rings. The van der Waals surface area contributed by atoms with Crippen molar-refractivity contribution in [2.45, 2.75) is 45.7 Å². The van der Waals surface area contributed by atoms with Gasteiger partial charge in [-0.2, -0.15) is 0 Å². The number of hydrogen-bond acceptors (Lipinski definition) is 3. The topological polar surface area (TPSA) is 73.5 Å². The third kappa shape index (κ3) is 7.70. The molecule has 1 aliphatic heterocycles. The van der Waals surface area contributed by atoms with E-state index in [0.717, 1.165) is 38.0 Å². The maximum absolute atomic E-state index is 11.7. The molecule has 21 heavy (non-hydrogen) atoms. The van der Waals surface area contributed by atoms with Crippen molar-refractivity contribution in [3.8, 4) is 0 Å². The van der Waals surface area contributed by atoms with Crippen molar-refractivity contribution in [3.05, 3.63) is 12.2 Å². The van der Waals surface area contributed by atoms with E-state index in [1.165, 1.54) is 0 Å². The van der Waals surface area contributed by atoms with Gasteiger partial charge in [-0.3, -0.25) is 9.69 Å². The van der Waals surface area contributed by atoms with Gasteiger partial charge in [0.2, 0.25) is 5.91 Å². The molecule has 1 saturated heterocycles. The smallest absolute Gasteiger partial charge is 0.315 e. The Balaban J connectivity index is 2.18. The highest BCUT2D eigenvalue weighted by atomic mass is 16.2. The van der Waals surface area contributed by atoms with Gasteiger partial charge in [0.1, 0.15) is 0 Å². The molecule has 1 rings (SSSR count). The van der Waals surface area contributed by atoms with Crippen LogP contribution in [0.15, 0.2) is 12.2 Å². The van der Waals surface area contributed by atoms with Gasteiger partial charge in [0.25, 0.3) is 0 Å². The summed E-state index contributed by atoms with van der Waals surface area (Å²) in [4.78, 5) is 25.5. The minimum Gasteiger partial charge on any atom is -0.352 e. The Bertz CT molecular complexity index is 374. The quantitative estimate of drug-likeness (QED) is 0.636. The lowest BCUT2D eigenvalue weighted by Crippen LogP contribution is -2.50. The molecule has 0 radical (unpaired) electrons. The van der Waals surface area contributed by atoms with Gasteiger partial charge in [0.15, 0.2) is 0 Å². The standard InChI is InChI=1S/C15H28N4O2/c1-11(2)10-19-7-5-13(6-8-19)18-15(21)16-9-14(20)17-12(3)4/h12-13H,1,5-10H2,2-4H3,(H,17,20)(H2,16,18,21). The van der Waals surface area contributed by atoms with Gasteiger partial charge in [0, 0.05) is 31.7 Å². The maximum atomic E-state index is 11.7. The molecule has 3 N–H and O–H groups in total. The monoisotopic (exact) mass is 296 g/mol. The van der Waals surface area contributed by atoms with Crippen LogP contribution in [0.4, 0.5) is 4.79 Å². The van der Waals surface area contributed by atoms with Gasteiger partial charge in [-0.1, -0.05) is 12.2 Å². The summed E-state index contributed by atoms with van der Waals surface area (Å²) in [6.07, 6.45) is 1.86. The average molecular weight is 296 g/mol. The SMILES string of the molecule is C=C(C)CN1CCC(NC(=O)NCC(=O)NC(C)C)CC1. The summed E-state index contributed by atoms with van der Waals surface area (Å²) < 4.78 is 0. The van der Waals surface area contributed by atoms with Crippen LogP contribution in [-0.4, -0.2) is 55.1 Å². The molecule has 1 aliphatic rings. The molecule has 1 heterocycles. The van der Waals surface area contributed by atoms with Crippen molar-refractivity contribution in [2.75, 3.05) is 26.2 Å². The second kappa shape index (κ2) is 8.67. The minimum absolute atomic E-state index is 0.0124. The molecule has 0 aromatic heterocycles. The molecule has 0 spiro atoms. The fourth-order valence-corrected chi connectivity index (χ4v) is 2.39. The number of carbonyl (C=O) groups is 2. The summed E-state index contributed by atoms with van der Waals surface area (Å²) in [5, 5.41) is 8.24. The number of amides is 3. The van der Waals surface area contributed by atoms with Crippen molar-refractivity contribution in [1.82, 2.24) is 20.9 Å². The highest BCUT2D eigenvalue weighted by Gasteiger charge is 2.20. The third-order valence-electron chi connectivity index (χ3n) is 3.28. The first kappa shape index (κ1) is 17.5. The van der Waals surface area contributed by atoms with Gasteiger partial charge < -0.3 is 16.0 Å². The van der Waals surface area contributed by atoms with E-state index in [0.29, 0.717) is 0 Å². The Kier molecular flexibility index (Phi) is 7.22. The number of rotatable bonds is 6. The molecule has 0 aromatic carbocycles. The summed E-state index contributed by atoms with van der Waals surface area (Å²) >= 11 is 0. The zero-order chi connectivity index (χ0) is 15.8. The van der Waals surface area contributed by atoms with Crippen LogP contribution in [0.2, 0.25) is 0 Å². The second-order valence-corrected chi connectivity index (χ2v) is 6.06. The Morgan fingerprint density at radius 2 is 1.90 bits per heavy atom. The molecule has 6 heteroatoms. The van der Waals surface area contributed by atoms with Crippen LogP contribution in [0.3, 0.4) is 0 Å². The van der Waals surface area contributed by atoms with Crippen LogP contribution in [0, 0.1) is 0 Å². The van der Waals surface area contributed by atoms with Gasteiger partial charge in [-0.15, -0.1) is 0 Å². The first-order chi connectivity index (χ1) is 9.86. The van der Waals surface area contributed by atoms with Crippen LogP contribution in [0.1, 0.15) is 33.6 Å². The predicted molar refractivity (Wildman–Crippen MR) is 84.1 cm³/mol. The van der Waals surface area contributed by atoms with Crippen LogP contribution in [-0.2, 0) is 4.79 Å². The molecule has 6 nitrogen and oxygen atoms in total. The molecule has 0 aromatic rings. The van der Waals surface area contributed by atoms with E-state index in [9.17, 15) is 9.59 Å². The summed E-state index contributed by atoms with van der Waals surface area (Å²) in [6, 6.07) is -0.00760. The normalized spacial score (nSPS) is 16.6. The number of carbonyl (C=O) groups excluding carboxylic acids is 2. The average Bonchev–Trinajstić information content (AvgIpc) is 2.37. The van der Waals surface area contributed by atoms with Crippen molar-refractivity contribution < 1.29 is 9.59 Å². The van der Waals surface area contributed by atoms with E-state index in [2.05, 4.69) is 27.4 Å². The first-order valence-corrected chi connectivity index (χ1v) is 7.57. The Morgan fingerprint density at radius 3 is 2.43 bits per heavy atom. The largest absolute Gasteiger partial charge is 0.352 e. The Hall–Kier alpha value is -1.56. The molecule has 0 bridgehead atoms. The van der Waals surface area contributed by atoms with Gasteiger partial charge >= 0.3 is 6.03 Å². The molecule has 0 unspecified atom stereocenters. The van der Waals surface area contributed by atoms with Gasteiger partial charge in [-0.25, -0.2) is 4.79 Å². The zero-order valence-corrected chi connectivity index (χ0v) is 13.4. The lowest BCUT2D eigenvalue weighted by atomic mass is 10.0. The number of nitrogens with one attached hydrogen (secondary N) is 3. The van der Waals surface area contributed by atoms with E-state index in [1.54, 1.807) is 0 Å². The van der Waals surface area contributed by atoms with Crippen LogP contribution in [0.25, 0.3) is 0 Å². The number of piperidine rings is 1. The molecule has 0 atom stereocenters. The predicted octanol–water partition coefficient (Wildman–Crippen LogP) is 0.851. The zero-order valence-electron chi connectivity index (χ0n) is 13.4. The van der Waals surface area contributed by atoms with Gasteiger partial charge in [-0.05, 0) is 33.6 Å². The highest BCUT2D eigenvalue weighted by molar-refractivity contribution is 5.84. The summed E-state index contributed by atoms with van der Waals surface area (Å²) in [7, 11) is 0. The number of nitrogens with zero attached hydrogens (tertiary/aromatic N) is 1. The van der Waals surface area contributed by atoms with Gasteiger partial charge in [0.05, 0.1) is 6.54 Å². The molecule has 0 aliphatic carbocycles. The van der Waals surface area contributed by atoms with E-state index >= 15 is 0 Å². The fraction of sp³-hybridized carbons (Fsp3) is 0.733. The number of urea groups is 1. The molecule has 3 amide bonds. The number of likely N-dealkylation sites (tertiary alicyclic amines) is 1. The molecule has 0 saturated carbocycles. The molecular weight excluding hydrogens is 268 g/mol. The second-order valence-electron chi connectivity index (χ2n) is 6.06. The van der Waals surface area contributed by atoms with E-state index in [-0.39, 0.29) is 30.6 Å². The Labute approximate surface area is 127 Å². The van der Waals surface area contributed by atoms with Crippen LogP contribution in [0.5, 0.6) is 0 Å². The summed E-state index contributed by atoms with van der Waals surface area (Å²) in [5.41, 5.74) is 1.16. The first-order valence-electron chi connectivity index (χ1n) is 7.57. The van der Waals surface area contributed by atoms with E-state index in [1.807, 2.05) is 20.8 Å². The lowest BCUT2D eigenvalue weighted by Gasteiger charge is -2.32. The Morgan fingerprint density at radius 1 is 1.29 bits per heavy atom. The third-order valence-corrected chi connectivity index (χ3v) is 3.28. The molecular formula is C15H28N4O2. The van der Waals surface area contributed by atoms with Crippen molar-refractivity contribution in [3.63, 3.8) is 0 Å². The van der Waals surface area contributed by atoms with E-state index < -0.39 is 0 Å². The summed E-state index contributed by atoms with van der Waals surface area (Å²) in [6.45, 7) is 12.6. The summed E-state index contributed by atoms with van der Waals surface area (Å²) in [5.74, 6) is -0.170. The van der Waals surface area contributed by atoms with Crippen LogP contribution >= 0.6 is 0 Å². The van der Waals surface area contributed by atoms with Crippen LogP contribution < -0.4 is 16.0 Å². The fourth-order valence-electron chi connectivity index (χ4n) is 2.39.